The number of carbonyl (C=O) groups excluding carboxylic acids is 2. The lowest BCUT2D eigenvalue weighted by Crippen LogP contribution is -2.35. The summed E-state index contributed by atoms with van der Waals surface area (Å²) in [4.78, 5) is 23.5. The summed E-state index contributed by atoms with van der Waals surface area (Å²) in [7, 11) is 1.63. The van der Waals surface area contributed by atoms with E-state index >= 15 is 0 Å². The number of hydrogen-bond donors (Lipinski definition) is 1. The average molecular weight is 329 g/mol. The van der Waals surface area contributed by atoms with E-state index in [-0.39, 0.29) is 25.0 Å². The zero-order valence-electron chi connectivity index (χ0n) is 14.3. The normalized spacial score (nSPS) is 11.8. The van der Waals surface area contributed by atoms with Crippen molar-refractivity contribution >= 4 is 22.6 Å². The number of carbonyl (C=O) groups is 2. The highest BCUT2D eigenvalue weighted by Crippen LogP contribution is 2.22. The predicted octanol–water partition coefficient (Wildman–Crippen LogP) is 2.85. The van der Waals surface area contributed by atoms with Gasteiger partial charge in [0.1, 0.15) is 5.75 Å². The van der Waals surface area contributed by atoms with E-state index < -0.39 is 5.97 Å². The van der Waals surface area contributed by atoms with Gasteiger partial charge in [-0.25, -0.2) is 0 Å². The Labute approximate surface area is 141 Å². The number of fused-ring (bicyclic) bond motifs is 1. The van der Waals surface area contributed by atoms with Gasteiger partial charge in [-0.3, -0.25) is 9.59 Å². The molecule has 0 spiro atoms. The first-order valence-electron chi connectivity index (χ1n) is 8.03. The summed E-state index contributed by atoms with van der Waals surface area (Å²) in [5.41, 5.74) is 0.847. The van der Waals surface area contributed by atoms with Crippen molar-refractivity contribution in [1.29, 1.82) is 0 Å². The van der Waals surface area contributed by atoms with Crippen LogP contribution in [0.5, 0.6) is 5.75 Å². The van der Waals surface area contributed by atoms with Gasteiger partial charge >= 0.3 is 5.97 Å². The Hall–Kier alpha value is -2.56. The molecule has 5 nitrogen and oxygen atoms in total. The summed E-state index contributed by atoms with van der Waals surface area (Å²) in [6, 6.07) is 11.6. The van der Waals surface area contributed by atoms with E-state index in [2.05, 4.69) is 5.32 Å². The second kappa shape index (κ2) is 8.34. The lowest BCUT2D eigenvalue weighted by atomic mass is 10.0. The zero-order chi connectivity index (χ0) is 17.5. The van der Waals surface area contributed by atoms with Gasteiger partial charge in [-0.2, -0.15) is 0 Å². The van der Waals surface area contributed by atoms with Crippen LogP contribution < -0.4 is 10.1 Å². The molecule has 2 aromatic carbocycles. The monoisotopic (exact) mass is 329 g/mol. The molecular formula is C19H23NO4. The molecule has 128 valence electrons. The molecular weight excluding hydrogens is 306 g/mol. The Morgan fingerprint density at radius 3 is 2.54 bits per heavy atom. The van der Waals surface area contributed by atoms with Crippen LogP contribution in [0.3, 0.4) is 0 Å². The van der Waals surface area contributed by atoms with Gasteiger partial charge in [-0.1, -0.05) is 31.2 Å². The maximum atomic E-state index is 11.9. The SMILES string of the molecule is CCC(C)NC(=O)COC(=O)Cc1ccc2cc(OC)ccc2c1. The fraction of sp³-hybridized carbons (Fsp3) is 0.368. The first-order valence-corrected chi connectivity index (χ1v) is 8.03. The number of amides is 1. The van der Waals surface area contributed by atoms with Crippen LogP contribution in [-0.4, -0.2) is 31.6 Å². The minimum absolute atomic E-state index is 0.0775. The maximum absolute atomic E-state index is 11.9. The molecule has 0 aliphatic rings. The summed E-state index contributed by atoms with van der Waals surface area (Å²) in [6.45, 7) is 3.64. The molecule has 0 saturated heterocycles. The van der Waals surface area contributed by atoms with Crippen LogP contribution >= 0.6 is 0 Å². The third kappa shape index (κ3) is 4.98. The van der Waals surface area contributed by atoms with Crippen molar-refractivity contribution in [2.75, 3.05) is 13.7 Å². The number of nitrogens with one attached hydrogen (secondary N) is 1. The lowest BCUT2D eigenvalue weighted by Gasteiger charge is -2.11. The maximum Gasteiger partial charge on any atom is 0.310 e. The zero-order valence-corrected chi connectivity index (χ0v) is 14.3. The van der Waals surface area contributed by atoms with Crippen molar-refractivity contribution in [3.05, 3.63) is 42.0 Å². The van der Waals surface area contributed by atoms with Gasteiger partial charge < -0.3 is 14.8 Å². The van der Waals surface area contributed by atoms with Gasteiger partial charge in [0.05, 0.1) is 13.5 Å². The molecule has 0 fully saturated rings. The van der Waals surface area contributed by atoms with Gasteiger partial charge in [0.2, 0.25) is 0 Å². The standard InChI is InChI=1S/C19H23NO4/c1-4-13(2)20-18(21)12-24-19(22)10-14-5-6-16-11-17(23-3)8-7-15(16)9-14/h5-9,11,13H,4,10,12H2,1-3H3,(H,20,21). The van der Waals surface area contributed by atoms with Gasteiger partial charge in [0.25, 0.3) is 5.91 Å². The van der Waals surface area contributed by atoms with Crippen molar-refractivity contribution in [3.8, 4) is 5.75 Å². The van der Waals surface area contributed by atoms with E-state index in [1.807, 2.05) is 50.2 Å². The van der Waals surface area contributed by atoms with E-state index in [0.717, 1.165) is 28.5 Å². The van der Waals surface area contributed by atoms with E-state index in [4.69, 9.17) is 9.47 Å². The third-order valence-electron chi connectivity index (χ3n) is 3.84. The van der Waals surface area contributed by atoms with Gasteiger partial charge in [0.15, 0.2) is 6.61 Å². The van der Waals surface area contributed by atoms with Gasteiger partial charge in [-0.15, -0.1) is 0 Å². The predicted molar refractivity (Wildman–Crippen MR) is 93.1 cm³/mol. The molecule has 0 heterocycles. The number of methoxy groups -OCH3 is 1. The second-order valence-electron chi connectivity index (χ2n) is 5.76. The smallest absolute Gasteiger partial charge is 0.310 e. The highest BCUT2D eigenvalue weighted by molar-refractivity contribution is 5.86. The first kappa shape index (κ1) is 17.8. The Morgan fingerprint density at radius 2 is 1.83 bits per heavy atom. The fourth-order valence-corrected chi connectivity index (χ4v) is 2.29. The summed E-state index contributed by atoms with van der Waals surface area (Å²) in [6.07, 6.45) is 0.972. The molecule has 0 aromatic heterocycles. The molecule has 0 saturated carbocycles. The van der Waals surface area contributed by atoms with E-state index in [1.54, 1.807) is 7.11 Å². The number of benzene rings is 2. The molecule has 1 amide bonds. The lowest BCUT2D eigenvalue weighted by molar-refractivity contribution is -0.148. The molecule has 0 radical (unpaired) electrons. The van der Waals surface area contributed by atoms with Crippen molar-refractivity contribution < 1.29 is 19.1 Å². The van der Waals surface area contributed by atoms with Crippen LogP contribution in [0, 0.1) is 0 Å². The van der Waals surface area contributed by atoms with Crippen LogP contribution in [0.4, 0.5) is 0 Å². The fourth-order valence-electron chi connectivity index (χ4n) is 2.29. The highest BCUT2D eigenvalue weighted by Gasteiger charge is 2.10. The molecule has 5 heteroatoms. The largest absolute Gasteiger partial charge is 0.497 e. The summed E-state index contributed by atoms with van der Waals surface area (Å²) >= 11 is 0. The second-order valence-corrected chi connectivity index (χ2v) is 5.76. The molecule has 1 N–H and O–H groups in total. The Kier molecular flexibility index (Phi) is 6.18. The average Bonchev–Trinajstić information content (AvgIpc) is 2.59. The summed E-state index contributed by atoms with van der Waals surface area (Å²) in [5.74, 6) is 0.104. The summed E-state index contributed by atoms with van der Waals surface area (Å²) in [5, 5.41) is 4.82. The van der Waals surface area contributed by atoms with Crippen LogP contribution in [0.2, 0.25) is 0 Å². The minimum Gasteiger partial charge on any atom is -0.497 e. The van der Waals surface area contributed by atoms with Crippen molar-refractivity contribution in [2.24, 2.45) is 0 Å². The molecule has 0 bridgehead atoms. The third-order valence-corrected chi connectivity index (χ3v) is 3.84. The highest BCUT2D eigenvalue weighted by atomic mass is 16.5. The van der Waals surface area contributed by atoms with Crippen LogP contribution in [-0.2, 0) is 20.7 Å². The molecule has 1 atom stereocenters. The number of ether oxygens (including phenoxy) is 2. The quantitative estimate of drug-likeness (QED) is 0.793. The summed E-state index contributed by atoms with van der Waals surface area (Å²) < 4.78 is 10.2. The van der Waals surface area contributed by atoms with Crippen LogP contribution in [0.15, 0.2) is 36.4 Å². The molecule has 2 rings (SSSR count). The number of rotatable bonds is 7. The van der Waals surface area contributed by atoms with E-state index in [1.165, 1.54) is 0 Å². The Morgan fingerprint density at radius 1 is 1.12 bits per heavy atom. The number of hydrogen-bond acceptors (Lipinski definition) is 4. The first-order chi connectivity index (χ1) is 11.5. The van der Waals surface area contributed by atoms with Crippen LogP contribution in [0.25, 0.3) is 10.8 Å². The Bertz CT molecular complexity index is 726. The van der Waals surface area contributed by atoms with Gasteiger partial charge in [0, 0.05) is 6.04 Å². The number of esters is 1. The minimum atomic E-state index is -0.415. The van der Waals surface area contributed by atoms with E-state index in [9.17, 15) is 9.59 Å². The van der Waals surface area contributed by atoms with Crippen molar-refractivity contribution in [1.82, 2.24) is 5.32 Å². The van der Waals surface area contributed by atoms with E-state index in [0.29, 0.717) is 0 Å². The van der Waals surface area contributed by atoms with Crippen molar-refractivity contribution in [2.45, 2.75) is 32.7 Å². The molecule has 1 unspecified atom stereocenters. The molecule has 0 aliphatic heterocycles. The van der Waals surface area contributed by atoms with Gasteiger partial charge in [-0.05, 0) is 41.8 Å². The molecule has 2 aromatic rings. The molecule has 0 aliphatic carbocycles. The van der Waals surface area contributed by atoms with Crippen LogP contribution in [0.1, 0.15) is 25.8 Å². The topological polar surface area (TPSA) is 64.6 Å². The van der Waals surface area contributed by atoms with Crippen molar-refractivity contribution in [3.63, 3.8) is 0 Å². The molecule has 24 heavy (non-hydrogen) atoms. The Balaban J connectivity index is 1.92.